The highest BCUT2D eigenvalue weighted by Crippen LogP contribution is 2.33. The highest BCUT2D eigenvalue weighted by Gasteiger charge is 2.27. The molecule has 1 aromatic carbocycles. The van der Waals surface area contributed by atoms with E-state index in [2.05, 4.69) is 30.9 Å². The predicted octanol–water partition coefficient (Wildman–Crippen LogP) is 3.15. The number of benzene rings is 1. The first kappa shape index (κ1) is 25.8. The highest BCUT2D eigenvalue weighted by molar-refractivity contribution is 9.10. The number of aromatic nitrogens is 5. The highest BCUT2D eigenvalue weighted by atomic mass is 79.9. The molecule has 12 heteroatoms. The van der Waals surface area contributed by atoms with Crippen LogP contribution in [-0.2, 0) is 16.4 Å². The van der Waals surface area contributed by atoms with Gasteiger partial charge in [0.25, 0.3) is 0 Å². The van der Waals surface area contributed by atoms with Crippen molar-refractivity contribution < 1.29 is 17.9 Å². The summed E-state index contributed by atoms with van der Waals surface area (Å²) in [7, 11) is -1.99. The first-order chi connectivity index (χ1) is 17.1. The summed E-state index contributed by atoms with van der Waals surface area (Å²) in [5.74, 6) is 1.10. The van der Waals surface area contributed by atoms with Gasteiger partial charge < -0.3 is 9.47 Å². The van der Waals surface area contributed by atoms with Gasteiger partial charge in [-0.05, 0) is 59.6 Å². The molecule has 0 aliphatic carbocycles. The summed E-state index contributed by atoms with van der Waals surface area (Å²) in [5.41, 5.74) is 1.79. The van der Waals surface area contributed by atoms with Crippen LogP contribution in [0.15, 0.2) is 52.0 Å². The van der Waals surface area contributed by atoms with E-state index in [1.807, 2.05) is 13.8 Å². The van der Waals surface area contributed by atoms with Gasteiger partial charge in [-0.15, -0.1) is 0 Å². The van der Waals surface area contributed by atoms with Gasteiger partial charge in [-0.1, -0.05) is 6.07 Å². The summed E-state index contributed by atoms with van der Waals surface area (Å²) in [4.78, 5) is 27.1. The van der Waals surface area contributed by atoms with Gasteiger partial charge in [-0.2, -0.15) is 0 Å². The molecule has 0 unspecified atom stereocenters. The van der Waals surface area contributed by atoms with Crippen LogP contribution in [0, 0.1) is 6.92 Å². The molecular formula is C24H26BrN5O5S. The van der Waals surface area contributed by atoms with Gasteiger partial charge in [-0.3, -0.25) is 9.13 Å². The minimum Gasteiger partial charge on any atom is -0.493 e. The summed E-state index contributed by atoms with van der Waals surface area (Å²) in [6.45, 7) is 4.17. The van der Waals surface area contributed by atoms with Crippen molar-refractivity contribution >= 4 is 36.9 Å². The van der Waals surface area contributed by atoms with Gasteiger partial charge in [0.05, 0.1) is 37.6 Å². The average Bonchev–Trinajstić information content (AvgIpc) is 3.07. The van der Waals surface area contributed by atoms with E-state index in [1.54, 1.807) is 42.7 Å². The lowest BCUT2D eigenvalue weighted by atomic mass is 10.1. The van der Waals surface area contributed by atoms with Gasteiger partial charge in [0.2, 0.25) is 0 Å². The fourth-order valence-corrected chi connectivity index (χ4v) is 5.29. The van der Waals surface area contributed by atoms with Crippen LogP contribution in [-0.4, -0.2) is 58.2 Å². The summed E-state index contributed by atoms with van der Waals surface area (Å²) in [6, 6.07) is 7.81. The van der Waals surface area contributed by atoms with E-state index in [1.165, 1.54) is 16.2 Å². The van der Waals surface area contributed by atoms with Crippen LogP contribution in [0.25, 0.3) is 11.2 Å². The van der Waals surface area contributed by atoms with Crippen LogP contribution in [0.3, 0.4) is 0 Å². The molecule has 0 radical (unpaired) electrons. The lowest BCUT2D eigenvalue weighted by Crippen LogP contribution is -2.32. The summed E-state index contributed by atoms with van der Waals surface area (Å²) >= 11 is 3.43. The number of ether oxygens (including phenoxy) is 2. The Bertz CT molecular complexity index is 1580. The average molecular weight is 576 g/mol. The number of rotatable bonds is 9. The molecule has 0 spiro atoms. The standard InChI is InChI=1S/C24H26BrN5O5S/c1-5-35-21-10-16(6-7-20(21)34-3)19(14-36(4,32)33)30-23-18(11-17(25)12-27-23)29(24(30)31)13-22-26-9-8-15(2)28-22/h6-12,19H,5,13-14H2,1-4H3/t19-/m1/s1. The Morgan fingerprint density at radius 2 is 1.92 bits per heavy atom. The monoisotopic (exact) mass is 575 g/mol. The molecule has 0 saturated heterocycles. The maximum absolute atomic E-state index is 13.9. The molecule has 0 bridgehead atoms. The number of nitrogens with zero attached hydrogens (tertiary/aromatic N) is 5. The normalized spacial score (nSPS) is 12.6. The molecule has 4 rings (SSSR count). The SMILES string of the molecule is CCOc1cc([C@@H](CS(C)(=O)=O)n2c(=O)n(Cc3nccc(C)n3)c3cc(Br)cnc32)ccc1OC. The van der Waals surface area contributed by atoms with E-state index in [9.17, 15) is 13.2 Å². The largest absolute Gasteiger partial charge is 0.493 e. The molecule has 4 aromatic rings. The van der Waals surface area contributed by atoms with Crippen molar-refractivity contribution in [3.05, 3.63) is 74.8 Å². The van der Waals surface area contributed by atoms with Crippen molar-refractivity contribution in [1.82, 2.24) is 24.1 Å². The Labute approximate surface area is 217 Å². The molecular weight excluding hydrogens is 550 g/mol. The second-order valence-corrected chi connectivity index (χ2v) is 11.4. The molecule has 0 fully saturated rings. The molecule has 1 atom stereocenters. The number of hydrogen-bond acceptors (Lipinski definition) is 8. The summed E-state index contributed by atoms with van der Waals surface area (Å²) in [5, 5.41) is 0. The van der Waals surface area contributed by atoms with Crippen molar-refractivity contribution in [2.75, 3.05) is 25.7 Å². The zero-order chi connectivity index (χ0) is 26.0. The van der Waals surface area contributed by atoms with E-state index in [-0.39, 0.29) is 12.3 Å². The quantitative estimate of drug-likeness (QED) is 0.298. The first-order valence-corrected chi connectivity index (χ1v) is 14.0. The third-order valence-electron chi connectivity index (χ3n) is 5.56. The number of methoxy groups -OCH3 is 1. The predicted molar refractivity (Wildman–Crippen MR) is 140 cm³/mol. The lowest BCUT2D eigenvalue weighted by Gasteiger charge is -2.20. The molecule has 3 heterocycles. The second-order valence-electron chi connectivity index (χ2n) is 8.30. The van der Waals surface area contributed by atoms with Gasteiger partial charge in [0.1, 0.15) is 15.7 Å². The first-order valence-electron chi connectivity index (χ1n) is 11.1. The van der Waals surface area contributed by atoms with E-state index < -0.39 is 21.6 Å². The Balaban J connectivity index is 1.96. The zero-order valence-electron chi connectivity index (χ0n) is 20.3. The zero-order valence-corrected chi connectivity index (χ0v) is 22.7. The number of imidazole rings is 1. The number of sulfone groups is 1. The maximum Gasteiger partial charge on any atom is 0.331 e. The van der Waals surface area contributed by atoms with Crippen LogP contribution < -0.4 is 15.2 Å². The van der Waals surface area contributed by atoms with Gasteiger partial charge >= 0.3 is 5.69 Å². The molecule has 0 saturated carbocycles. The topological polar surface area (TPSA) is 118 Å². The fraction of sp³-hybridized carbons (Fsp3) is 0.333. The number of aryl methyl sites for hydroxylation is 1. The van der Waals surface area contributed by atoms with Crippen LogP contribution >= 0.6 is 15.9 Å². The van der Waals surface area contributed by atoms with Crippen molar-refractivity contribution in [3.8, 4) is 11.5 Å². The number of fused-ring (bicyclic) bond motifs is 1. The Morgan fingerprint density at radius 1 is 1.14 bits per heavy atom. The molecule has 0 amide bonds. The van der Waals surface area contributed by atoms with Crippen LogP contribution in [0.5, 0.6) is 11.5 Å². The Morgan fingerprint density at radius 3 is 2.58 bits per heavy atom. The molecule has 10 nitrogen and oxygen atoms in total. The molecule has 0 N–H and O–H groups in total. The number of pyridine rings is 1. The smallest absolute Gasteiger partial charge is 0.331 e. The summed E-state index contributed by atoms with van der Waals surface area (Å²) < 4.78 is 39.7. The Kier molecular flexibility index (Phi) is 7.46. The second kappa shape index (κ2) is 10.4. The van der Waals surface area contributed by atoms with E-state index >= 15 is 0 Å². The molecule has 3 aromatic heterocycles. The molecule has 0 aliphatic rings. The van der Waals surface area contributed by atoms with E-state index in [0.717, 1.165) is 11.9 Å². The van der Waals surface area contributed by atoms with Gasteiger partial charge in [0.15, 0.2) is 17.1 Å². The van der Waals surface area contributed by atoms with Gasteiger partial charge in [0, 0.05) is 28.8 Å². The third-order valence-corrected chi connectivity index (χ3v) is 6.91. The van der Waals surface area contributed by atoms with E-state index in [0.29, 0.717) is 45.1 Å². The van der Waals surface area contributed by atoms with Gasteiger partial charge in [-0.25, -0.2) is 28.2 Å². The minimum absolute atomic E-state index is 0.0978. The van der Waals surface area contributed by atoms with E-state index in [4.69, 9.17) is 9.47 Å². The van der Waals surface area contributed by atoms with Crippen LogP contribution in [0.2, 0.25) is 0 Å². The van der Waals surface area contributed by atoms with Crippen LogP contribution in [0.4, 0.5) is 0 Å². The number of halogens is 1. The molecule has 0 aliphatic heterocycles. The fourth-order valence-electron chi connectivity index (χ4n) is 4.06. The van der Waals surface area contributed by atoms with Crippen molar-refractivity contribution in [2.45, 2.75) is 26.4 Å². The summed E-state index contributed by atoms with van der Waals surface area (Å²) in [6.07, 6.45) is 4.35. The maximum atomic E-state index is 13.9. The van der Waals surface area contributed by atoms with Crippen molar-refractivity contribution in [1.29, 1.82) is 0 Å². The Hall–Kier alpha value is -3.25. The lowest BCUT2D eigenvalue weighted by molar-refractivity contribution is 0.310. The van der Waals surface area contributed by atoms with Crippen molar-refractivity contribution in [3.63, 3.8) is 0 Å². The third kappa shape index (κ3) is 5.44. The van der Waals surface area contributed by atoms with Crippen molar-refractivity contribution in [2.24, 2.45) is 0 Å². The molecule has 36 heavy (non-hydrogen) atoms. The van der Waals surface area contributed by atoms with Crippen LogP contribution in [0.1, 0.15) is 30.0 Å². The molecule has 190 valence electrons. The minimum atomic E-state index is -3.51. The number of hydrogen-bond donors (Lipinski definition) is 0.